The number of hydrogen-bond donors (Lipinski definition) is 1. The standard InChI is InChI=1S/C16H16N2O3/c17-14-7-6-13(18-8-9-20-16(18)19)10-15(14)21-11-12-4-2-1-3-5-12/h1-7,10H,8-9,11,17H2. The summed E-state index contributed by atoms with van der Waals surface area (Å²) in [5.74, 6) is 0.566. The van der Waals surface area contributed by atoms with E-state index < -0.39 is 0 Å². The third-order valence-corrected chi connectivity index (χ3v) is 3.31. The maximum atomic E-state index is 11.6. The summed E-state index contributed by atoms with van der Waals surface area (Å²) >= 11 is 0. The van der Waals surface area contributed by atoms with E-state index in [-0.39, 0.29) is 6.09 Å². The summed E-state index contributed by atoms with van der Waals surface area (Å²) in [5.41, 5.74) is 8.26. The molecule has 2 N–H and O–H groups in total. The Bertz CT molecular complexity index is 643. The van der Waals surface area contributed by atoms with Gasteiger partial charge in [-0.05, 0) is 17.7 Å². The SMILES string of the molecule is Nc1ccc(N2CCOC2=O)cc1OCc1ccccc1. The molecule has 1 heterocycles. The number of carbonyl (C=O) groups is 1. The van der Waals surface area contributed by atoms with E-state index in [4.69, 9.17) is 15.2 Å². The first-order valence-electron chi connectivity index (χ1n) is 6.74. The first kappa shape index (κ1) is 13.3. The van der Waals surface area contributed by atoms with Gasteiger partial charge in [0.15, 0.2) is 0 Å². The Morgan fingerprint density at radius 3 is 2.71 bits per heavy atom. The molecule has 1 aliphatic heterocycles. The zero-order valence-electron chi connectivity index (χ0n) is 11.5. The molecule has 0 atom stereocenters. The summed E-state index contributed by atoms with van der Waals surface area (Å²) < 4.78 is 10.7. The molecule has 1 amide bonds. The highest BCUT2D eigenvalue weighted by Crippen LogP contribution is 2.29. The third kappa shape index (κ3) is 2.91. The molecule has 0 unspecified atom stereocenters. The Labute approximate surface area is 122 Å². The van der Waals surface area contributed by atoms with Gasteiger partial charge in [-0.3, -0.25) is 4.90 Å². The van der Waals surface area contributed by atoms with Crippen LogP contribution in [0.15, 0.2) is 48.5 Å². The number of benzene rings is 2. The molecule has 2 aromatic carbocycles. The molecule has 108 valence electrons. The third-order valence-electron chi connectivity index (χ3n) is 3.31. The molecule has 0 saturated carbocycles. The van der Waals surface area contributed by atoms with Gasteiger partial charge in [-0.2, -0.15) is 0 Å². The normalized spacial score (nSPS) is 14.1. The highest BCUT2D eigenvalue weighted by molar-refractivity contribution is 5.90. The summed E-state index contributed by atoms with van der Waals surface area (Å²) in [6, 6.07) is 15.1. The lowest BCUT2D eigenvalue weighted by atomic mass is 10.2. The number of ether oxygens (including phenoxy) is 2. The molecule has 1 aliphatic rings. The second kappa shape index (κ2) is 5.75. The van der Waals surface area contributed by atoms with Crippen LogP contribution in [0.4, 0.5) is 16.2 Å². The largest absolute Gasteiger partial charge is 0.487 e. The van der Waals surface area contributed by atoms with Crippen molar-refractivity contribution in [3.8, 4) is 5.75 Å². The quantitative estimate of drug-likeness (QED) is 0.877. The Morgan fingerprint density at radius 2 is 2.00 bits per heavy atom. The minimum atomic E-state index is -0.339. The number of rotatable bonds is 4. The summed E-state index contributed by atoms with van der Waals surface area (Å²) in [5, 5.41) is 0. The van der Waals surface area contributed by atoms with Crippen LogP contribution in [-0.4, -0.2) is 19.2 Å². The maximum Gasteiger partial charge on any atom is 0.414 e. The lowest BCUT2D eigenvalue weighted by molar-refractivity contribution is 0.181. The Hall–Kier alpha value is -2.69. The summed E-state index contributed by atoms with van der Waals surface area (Å²) in [6.45, 7) is 1.38. The number of amides is 1. The molecule has 0 spiro atoms. The average Bonchev–Trinajstić information content (AvgIpc) is 2.94. The molecule has 0 radical (unpaired) electrons. The highest BCUT2D eigenvalue weighted by atomic mass is 16.6. The van der Waals surface area contributed by atoms with Crippen molar-refractivity contribution in [1.82, 2.24) is 0 Å². The van der Waals surface area contributed by atoms with E-state index in [0.717, 1.165) is 11.3 Å². The zero-order valence-corrected chi connectivity index (χ0v) is 11.5. The van der Waals surface area contributed by atoms with E-state index in [9.17, 15) is 4.79 Å². The highest BCUT2D eigenvalue weighted by Gasteiger charge is 2.24. The monoisotopic (exact) mass is 284 g/mol. The van der Waals surface area contributed by atoms with Gasteiger partial charge < -0.3 is 15.2 Å². The van der Waals surface area contributed by atoms with Crippen LogP contribution >= 0.6 is 0 Å². The van der Waals surface area contributed by atoms with Crippen LogP contribution in [0.5, 0.6) is 5.75 Å². The molecule has 5 heteroatoms. The number of cyclic esters (lactones) is 1. The van der Waals surface area contributed by atoms with Crippen molar-refractivity contribution in [2.45, 2.75) is 6.61 Å². The van der Waals surface area contributed by atoms with Crippen molar-refractivity contribution in [3.63, 3.8) is 0 Å². The molecular formula is C16H16N2O3. The van der Waals surface area contributed by atoms with Crippen LogP contribution in [0, 0.1) is 0 Å². The van der Waals surface area contributed by atoms with Gasteiger partial charge in [0.25, 0.3) is 0 Å². The fourth-order valence-electron chi connectivity index (χ4n) is 2.18. The predicted molar refractivity (Wildman–Crippen MR) is 80.3 cm³/mol. The first-order chi connectivity index (χ1) is 10.2. The molecule has 0 aliphatic carbocycles. The van der Waals surface area contributed by atoms with Crippen LogP contribution in [-0.2, 0) is 11.3 Å². The molecule has 0 bridgehead atoms. The van der Waals surface area contributed by atoms with Gasteiger partial charge in [-0.1, -0.05) is 30.3 Å². The number of nitrogen functional groups attached to an aromatic ring is 1. The zero-order chi connectivity index (χ0) is 14.7. The van der Waals surface area contributed by atoms with Gasteiger partial charge >= 0.3 is 6.09 Å². The van der Waals surface area contributed by atoms with E-state index in [1.165, 1.54) is 0 Å². The molecule has 0 aromatic heterocycles. The van der Waals surface area contributed by atoms with Crippen molar-refractivity contribution in [1.29, 1.82) is 0 Å². The minimum absolute atomic E-state index is 0.339. The van der Waals surface area contributed by atoms with E-state index >= 15 is 0 Å². The van der Waals surface area contributed by atoms with Crippen molar-refractivity contribution < 1.29 is 14.3 Å². The second-order valence-corrected chi connectivity index (χ2v) is 4.76. The van der Waals surface area contributed by atoms with Gasteiger partial charge in [0, 0.05) is 6.07 Å². The minimum Gasteiger partial charge on any atom is -0.487 e. The van der Waals surface area contributed by atoms with Crippen molar-refractivity contribution in [3.05, 3.63) is 54.1 Å². The lowest BCUT2D eigenvalue weighted by Gasteiger charge is -2.15. The summed E-state index contributed by atoms with van der Waals surface area (Å²) in [4.78, 5) is 13.1. The van der Waals surface area contributed by atoms with Crippen molar-refractivity contribution >= 4 is 17.5 Å². The van der Waals surface area contributed by atoms with Crippen LogP contribution in [0.1, 0.15) is 5.56 Å². The van der Waals surface area contributed by atoms with E-state index in [2.05, 4.69) is 0 Å². The van der Waals surface area contributed by atoms with Crippen molar-refractivity contribution in [2.24, 2.45) is 0 Å². The lowest BCUT2D eigenvalue weighted by Crippen LogP contribution is -2.23. The van der Waals surface area contributed by atoms with Gasteiger partial charge in [-0.25, -0.2) is 4.79 Å². The van der Waals surface area contributed by atoms with Crippen molar-refractivity contribution in [2.75, 3.05) is 23.8 Å². The predicted octanol–water partition coefficient (Wildman–Crippen LogP) is 2.80. The van der Waals surface area contributed by atoms with Gasteiger partial charge in [-0.15, -0.1) is 0 Å². The van der Waals surface area contributed by atoms with Gasteiger partial charge in [0.1, 0.15) is 19.0 Å². The Balaban J connectivity index is 1.77. The topological polar surface area (TPSA) is 64.8 Å². The molecule has 1 saturated heterocycles. The molecular weight excluding hydrogens is 268 g/mol. The number of nitrogens with zero attached hydrogens (tertiary/aromatic N) is 1. The van der Waals surface area contributed by atoms with Crippen LogP contribution in [0.25, 0.3) is 0 Å². The molecule has 2 aromatic rings. The van der Waals surface area contributed by atoms with Gasteiger partial charge in [0.05, 0.1) is 17.9 Å². The van der Waals surface area contributed by atoms with Crippen LogP contribution in [0.2, 0.25) is 0 Å². The summed E-state index contributed by atoms with van der Waals surface area (Å²) in [7, 11) is 0. The molecule has 1 fully saturated rings. The number of hydrogen-bond acceptors (Lipinski definition) is 4. The van der Waals surface area contributed by atoms with Gasteiger partial charge in [0.2, 0.25) is 0 Å². The first-order valence-corrected chi connectivity index (χ1v) is 6.74. The smallest absolute Gasteiger partial charge is 0.414 e. The maximum absolute atomic E-state index is 11.6. The Kier molecular flexibility index (Phi) is 3.64. The fraction of sp³-hybridized carbons (Fsp3) is 0.188. The molecule has 21 heavy (non-hydrogen) atoms. The van der Waals surface area contributed by atoms with Crippen LogP contribution in [0.3, 0.4) is 0 Å². The Morgan fingerprint density at radius 1 is 1.19 bits per heavy atom. The van der Waals surface area contributed by atoms with E-state index in [1.54, 1.807) is 23.1 Å². The number of nitrogens with two attached hydrogens (primary N) is 1. The molecule has 3 rings (SSSR count). The van der Waals surface area contributed by atoms with E-state index in [1.807, 2.05) is 30.3 Å². The number of anilines is 2. The second-order valence-electron chi connectivity index (χ2n) is 4.76. The van der Waals surface area contributed by atoms with Crippen LogP contribution < -0.4 is 15.4 Å². The molecule has 5 nitrogen and oxygen atoms in total. The number of carbonyl (C=O) groups excluding carboxylic acids is 1. The van der Waals surface area contributed by atoms with E-state index in [0.29, 0.717) is 31.2 Å². The summed E-state index contributed by atoms with van der Waals surface area (Å²) in [6.07, 6.45) is -0.339. The fourth-order valence-corrected chi connectivity index (χ4v) is 2.18. The average molecular weight is 284 g/mol.